The highest BCUT2D eigenvalue weighted by molar-refractivity contribution is 7.80. The summed E-state index contributed by atoms with van der Waals surface area (Å²) < 4.78 is 17.8. The average Bonchev–Trinajstić information content (AvgIpc) is 2.84. The van der Waals surface area contributed by atoms with Crippen molar-refractivity contribution in [3.63, 3.8) is 0 Å². The number of benzene rings is 3. The number of amides is 1. The first kappa shape index (κ1) is 24.2. The molecule has 2 N–H and O–H groups in total. The minimum absolute atomic E-state index is 0.220. The summed E-state index contributed by atoms with van der Waals surface area (Å²) in [5, 5.41) is 7.43. The Bertz CT molecular complexity index is 1320. The predicted molar refractivity (Wildman–Crippen MR) is 144 cm³/mol. The summed E-state index contributed by atoms with van der Waals surface area (Å²) in [7, 11) is 1.60. The van der Waals surface area contributed by atoms with Gasteiger partial charge in [0.15, 0.2) is 22.3 Å². The lowest BCUT2D eigenvalue weighted by Crippen LogP contribution is -2.72. The second kappa shape index (κ2) is 9.52. The molecular weight excluding hydrogens is 498 g/mol. The fraction of sp³-hybridized carbons (Fsp3) is 0.259. The summed E-state index contributed by atoms with van der Waals surface area (Å²) in [5.41, 5.74) is 0.976. The van der Waals surface area contributed by atoms with Crippen LogP contribution < -0.4 is 29.7 Å². The van der Waals surface area contributed by atoms with Gasteiger partial charge in [-0.25, -0.2) is 0 Å². The van der Waals surface area contributed by atoms with Gasteiger partial charge in [0.1, 0.15) is 11.7 Å². The Morgan fingerprint density at radius 1 is 1.19 bits per heavy atom. The number of hydrogen-bond donors (Lipinski definition) is 2. The van der Waals surface area contributed by atoms with Crippen molar-refractivity contribution in [1.29, 1.82) is 0 Å². The zero-order valence-electron chi connectivity index (χ0n) is 20.1. The van der Waals surface area contributed by atoms with E-state index in [0.29, 0.717) is 45.4 Å². The lowest BCUT2D eigenvalue weighted by atomic mass is 9.78. The van der Waals surface area contributed by atoms with E-state index in [-0.39, 0.29) is 5.91 Å². The minimum atomic E-state index is -1.19. The van der Waals surface area contributed by atoms with E-state index in [1.54, 1.807) is 43.5 Å². The summed E-state index contributed by atoms with van der Waals surface area (Å²) in [6.45, 7) is 4.27. The van der Waals surface area contributed by atoms with Crippen LogP contribution in [0.4, 0.5) is 11.4 Å². The van der Waals surface area contributed by atoms with Gasteiger partial charge in [-0.1, -0.05) is 29.8 Å². The van der Waals surface area contributed by atoms with Gasteiger partial charge < -0.3 is 24.8 Å². The van der Waals surface area contributed by atoms with Crippen LogP contribution in [-0.4, -0.2) is 30.5 Å². The van der Waals surface area contributed by atoms with Crippen LogP contribution in [0.2, 0.25) is 5.02 Å². The first-order valence-electron chi connectivity index (χ1n) is 11.6. The summed E-state index contributed by atoms with van der Waals surface area (Å²) in [5.74, 6) is 0.995. The van der Waals surface area contributed by atoms with Gasteiger partial charge >= 0.3 is 0 Å². The van der Waals surface area contributed by atoms with E-state index >= 15 is 0 Å². The van der Waals surface area contributed by atoms with Crippen molar-refractivity contribution in [2.75, 3.05) is 23.9 Å². The number of para-hydroxylation sites is 1. The molecule has 0 aliphatic carbocycles. The molecule has 2 bridgehead atoms. The highest BCUT2D eigenvalue weighted by Gasteiger charge is 2.59. The molecule has 2 aliphatic rings. The van der Waals surface area contributed by atoms with Gasteiger partial charge in [0.2, 0.25) is 5.91 Å². The van der Waals surface area contributed by atoms with Crippen LogP contribution in [0.25, 0.3) is 0 Å². The summed E-state index contributed by atoms with van der Waals surface area (Å²) in [4.78, 5) is 15.7. The normalized spacial score (nSPS) is 22.1. The third-order valence-corrected chi connectivity index (χ3v) is 7.03. The molecule has 3 aromatic carbocycles. The smallest absolute Gasteiger partial charge is 0.236 e. The quantitative estimate of drug-likeness (QED) is 0.411. The number of anilines is 2. The Hall–Kier alpha value is -3.49. The number of carbonyl (C=O) groups excluding carboxylic acids is 1. The zero-order chi connectivity index (χ0) is 25.4. The van der Waals surface area contributed by atoms with E-state index in [0.717, 1.165) is 5.56 Å². The molecule has 9 heteroatoms. The number of carbonyl (C=O) groups is 1. The van der Waals surface area contributed by atoms with Crippen LogP contribution in [0.15, 0.2) is 66.7 Å². The number of thiocarbonyl (C=S) groups is 1. The first-order chi connectivity index (χ1) is 17.4. The van der Waals surface area contributed by atoms with Crippen molar-refractivity contribution < 1.29 is 19.0 Å². The number of rotatable bonds is 6. The number of halogens is 1. The second-order valence-electron chi connectivity index (χ2n) is 8.70. The van der Waals surface area contributed by atoms with Crippen molar-refractivity contribution in [2.45, 2.75) is 25.6 Å². The Labute approximate surface area is 220 Å². The van der Waals surface area contributed by atoms with E-state index < -0.39 is 17.7 Å². The Morgan fingerprint density at radius 2 is 1.94 bits per heavy atom. The van der Waals surface area contributed by atoms with Gasteiger partial charge in [0, 0.05) is 22.0 Å². The van der Waals surface area contributed by atoms with Gasteiger partial charge in [0.25, 0.3) is 0 Å². The summed E-state index contributed by atoms with van der Waals surface area (Å²) in [6, 6.07) is 19.7. The molecule has 0 aromatic heterocycles. The largest absolute Gasteiger partial charge is 0.497 e. The second-order valence-corrected chi connectivity index (χ2v) is 9.53. The maximum absolute atomic E-state index is 13.9. The third-order valence-electron chi connectivity index (χ3n) is 6.50. The highest BCUT2D eigenvalue weighted by Crippen LogP contribution is 2.52. The van der Waals surface area contributed by atoms with Gasteiger partial charge in [0.05, 0.1) is 19.8 Å². The molecule has 2 aliphatic heterocycles. The number of hydrogen-bond acceptors (Lipinski definition) is 5. The average molecular weight is 524 g/mol. The number of nitrogens with zero attached hydrogens (tertiary/aromatic N) is 1. The van der Waals surface area contributed by atoms with Gasteiger partial charge in [-0.2, -0.15) is 0 Å². The molecule has 1 saturated heterocycles. The van der Waals surface area contributed by atoms with Crippen LogP contribution >= 0.6 is 23.8 Å². The van der Waals surface area contributed by atoms with Crippen molar-refractivity contribution >= 4 is 46.2 Å². The standard InChI is InChI=1S/C27H26ClN3O4S/c1-4-34-21-10-6-9-20-23-22(25(32)29-17-11-13-19(33-3)14-12-17)27(2,35-24(20)21)31(26(36)30-23)18-8-5-7-16(28)15-18/h5-15,22-23H,4H2,1-3H3,(H,29,32)(H,30,36)/t22-,23+,27-/m0/s1. The molecule has 7 nitrogen and oxygen atoms in total. The molecule has 1 fully saturated rings. The topological polar surface area (TPSA) is 72.1 Å². The molecule has 5 rings (SSSR count). The molecule has 2 heterocycles. The number of methoxy groups -OCH3 is 1. The van der Waals surface area contributed by atoms with Crippen LogP contribution in [-0.2, 0) is 4.79 Å². The van der Waals surface area contributed by atoms with Gasteiger partial charge in [-0.15, -0.1) is 0 Å². The monoisotopic (exact) mass is 523 g/mol. The van der Waals surface area contributed by atoms with E-state index in [1.807, 2.05) is 49.1 Å². The van der Waals surface area contributed by atoms with Crippen molar-refractivity contribution in [3.05, 3.63) is 77.3 Å². The molecular formula is C27H26ClN3O4S. The molecule has 0 spiro atoms. The maximum Gasteiger partial charge on any atom is 0.236 e. The number of ether oxygens (including phenoxy) is 3. The Balaban J connectivity index is 1.62. The fourth-order valence-corrected chi connectivity index (χ4v) is 5.54. The van der Waals surface area contributed by atoms with Crippen molar-refractivity contribution in [2.24, 2.45) is 5.92 Å². The SMILES string of the molecule is CCOc1cccc2c1O[C@@]1(C)[C@H](C(=O)Nc3ccc(OC)cc3)[C@@H]2NC(=S)N1c1cccc(Cl)c1. The van der Waals surface area contributed by atoms with Crippen LogP contribution in [0.5, 0.6) is 17.2 Å². The van der Waals surface area contributed by atoms with Crippen LogP contribution in [0, 0.1) is 5.92 Å². The molecule has 3 aromatic rings. The fourth-order valence-electron chi connectivity index (χ4n) is 4.94. The highest BCUT2D eigenvalue weighted by atomic mass is 35.5. The third kappa shape index (κ3) is 4.10. The predicted octanol–water partition coefficient (Wildman–Crippen LogP) is 5.55. The molecule has 0 unspecified atom stereocenters. The Morgan fingerprint density at radius 3 is 2.64 bits per heavy atom. The molecule has 0 saturated carbocycles. The lowest BCUT2D eigenvalue weighted by molar-refractivity contribution is -0.130. The number of nitrogens with one attached hydrogen (secondary N) is 2. The molecule has 0 radical (unpaired) electrons. The lowest BCUT2D eigenvalue weighted by Gasteiger charge is -2.56. The Kier molecular flexibility index (Phi) is 6.40. The van der Waals surface area contributed by atoms with Gasteiger partial charge in [-0.3, -0.25) is 9.69 Å². The van der Waals surface area contributed by atoms with Gasteiger partial charge in [-0.05, 0) is 74.6 Å². The molecule has 36 heavy (non-hydrogen) atoms. The summed E-state index contributed by atoms with van der Waals surface area (Å²) >= 11 is 12.1. The molecule has 1 amide bonds. The van der Waals surface area contributed by atoms with Crippen molar-refractivity contribution in [1.82, 2.24) is 5.32 Å². The van der Waals surface area contributed by atoms with E-state index in [4.69, 9.17) is 38.0 Å². The number of fused-ring (bicyclic) bond motifs is 4. The summed E-state index contributed by atoms with van der Waals surface area (Å²) in [6.07, 6.45) is 0. The van der Waals surface area contributed by atoms with Crippen molar-refractivity contribution in [3.8, 4) is 17.2 Å². The van der Waals surface area contributed by atoms with E-state index in [2.05, 4.69) is 10.6 Å². The maximum atomic E-state index is 13.9. The molecule has 3 atom stereocenters. The molecule has 186 valence electrons. The van der Waals surface area contributed by atoms with Crippen LogP contribution in [0.1, 0.15) is 25.5 Å². The minimum Gasteiger partial charge on any atom is -0.497 e. The van der Waals surface area contributed by atoms with E-state index in [1.165, 1.54) is 0 Å². The first-order valence-corrected chi connectivity index (χ1v) is 12.4. The zero-order valence-corrected chi connectivity index (χ0v) is 21.7. The van der Waals surface area contributed by atoms with Crippen LogP contribution in [0.3, 0.4) is 0 Å². The van der Waals surface area contributed by atoms with E-state index in [9.17, 15) is 4.79 Å².